The molecule has 0 radical (unpaired) electrons. The molecule has 7 heteroatoms. The van der Waals surface area contributed by atoms with Crippen molar-refractivity contribution >= 4 is 17.7 Å². The first-order valence-electron chi connectivity index (χ1n) is 10.0. The van der Waals surface area contributed by atoms with Crippen LogP contribution in [0.3, 0.4) is 0 Å². The summed E-state index contributed by atoms with van der Waals surface area (Å²) in [5.41, 5.74) is 2.68. The van der Waals surface area contributed by atoms with Gasteiger partial charge in [0.05, 0.1) is 23.5 Å². The number of hydrogen-bond acceptors (Lipinski definition) is 6. The molecule has 0 aliphatic carbocycles. The zero-order chi connectivity index (χ0) is 22.6. The average Bonchev–Trinajstić information content (AvgIpc) is 3.38. The van der Waals surface area contributed by atoms with E-state index in [1.54, 1.807) is 50.2 Å². The van der Waals surface area contributed by atoms with Crippen molar-refractivity contribution in [1.82, 2.24) is 0 Å². The van der Waals surface area contributed by atoms with Crippen molar-refractivity contribution in [2.75, 3.05) is 0 Å². The van der Waals surface area contributed by atoms with E-state index in [-0.39, 0.29) is 23.5 Å². The lowest BCUT2D eigenvalue weighted by Crippen LogP contribution is -2.21. The molecule has 0 saturated heterocycles. The van der Waals surface area contributed by atoms with Crippen molar-refractivity contribution in [3.8, 4) is 22.8 Å². The van der Waals surface area contributed by atoms with E-state index in [2.05, 4.69) is 0 Å². The number of carbonyl (C=O) groups is 3. The average molecular weight is 430 g/mol. The van der Waals surface area contributed by atoms with Crippen LogP contribution in [0.2, 0.25) is 0 Å². The van der Waals surface area contributed by atoms with E-state index >= 15 is 0 Å². The lowest BCUT2D eigenvalue weighted by Gasteiger charge is -2.24. The van der Waals surface area contributed by atoms with E-state index in [4.69, 9.17) is 19.0 Å². The first-order valence-corrected chi connectivity index (χ1v) is 10.0. The van der Waals surface area contributed by atoms with Gasteiger partial charge in [0.15, 0.2) is 5.76 Å². The van der Waals surface area contributed by atoms with Crippen molar-refractivity contribution in [2.24, 2.45) is 0 Å². The van der Waals surface area contributed by atoms with E-state index in [9.17, 15) is 14.4 Å². The Kier molecular flexibility index (Phi) is 4.48. The summed E-state index contributed by atoms with van der Waals surface area (Å²) in [6, 6.07) is 13.1. The number of carboxylic acids is 1. The van der Waals surface area contributed by atoms with Crippen LogP contribution in [0.15, 0.2) is 64.3 Å². The molecule has 1 unspecified atom stereocenters. The van der Waals surface area contributed by atoms with Gasteiger partial charge in [0, 0.05) is 11.1 Å². The number of benzene rings is 2. The zero-order valence-electron chi connectivity index (χ0n) is 17.3. The quantitative estimate of drug-likeness (QED) is 0.356. The number of ketones is 1. The van der Waals surface area contributed by atoms with Gasteiger partial charge in [-0.05, 0) is 55.8 Å². The molecule has 32 heavy (non-hydrogen) atoms. The number of hydrogen-bond donors (Lipinski definition) is 1. The minimum absolute atomic E-state index is 0.0378. The molecule has 3 heterocycles. The van der Waals surface area contributed by atoms with Crippen LogP contribution in [0.4, 0.5) is 0 Å². The van der Waals surface area contributed by atoms with Gasteiger partial charge in [-0.1, -0.05) is 12.1 Å². The Morgan fingerprint density at radius 3 is 2.41 bits per heavy atom. The van der Waals surface area contributed by atoms with Gasteiger partial charge >= 0.3 is 11.9 Å². The molecule has 5 rings (SSSR count). The highest BCUT2D eigenvalue weighted by molar-refractivity contribution is 6.13. The minimum Gasteiger partial charge on any atom is -0.478 e. The van der Waals surface area contributed by atoms with Crippen LogP contribution in [0.1, 0.15) is 58.2 Å². The second kappa shape index (κ2) is 7.23. The molecule has 1 N–H and O–H groups in total. The largest absolute Gasteiger partial charge is 0.478 e. The van der Waals surface area contributed by atoms with Gasteiger partial charge in [0.25, 0.3) is 0 Å². The van der Waals surface area contributed by atoms with Crippen LogP contribution in [-0.2, 0) is 4.79 Å². The molecular formula is C25H18O7. The van der Waals surface area contributed by atoms with Crippen molar-refractivity contribution < 1.29 is 33.4 Å². The van der Waals surface area contributed by atoms with Crippen LogP contribution < -0.4 is 9.47 Å². The number of allylic oxidation sites excluding steroid dienone is 2. The molecule has 0 spiro atoms. The van der Waals surface area contributed by atoms with Gasteiger partial charge < -0.3 is 19.0 Å². The lowest BCUT2D eigenvalue weighted by atomic mass is 9.88. The predicted molar refractivity (Wildman–Crippen MR) is 113 cm³/mol. The van der Waals surface area contributed by atoms with Crippen molar-refractivity contribution in [2.45, 2.75) is 26.2 Å². The van der Waals surface area contributed by atoms with Gasteiger partial charge in [0.2, 0.25) is 5.78 Å². The first kappa shape index (κ1) is 19.8. The number of Topliss-reactive ketones (excluding diaryl/α,β-unsaturated/α-hetero) is 1. The van der Waals surface area contributed by atoms with Gasteiger partial charge in [0.1, 0.15) is 23.0 Å². The standard InChI is InChI=1S/C25H18O7/c1-12(2)23-22(27)15-7-8-19-21(24(15)32-23)16(11-20(26)31-19)18-10-9-17(30-18)13-3-5-14(6-4-13)25(28)29/h3-10,16H,11H2,1-2H3,(H,28,29). The number of esters is 1. The van der Waals surface area contributed by atoms with Crippen LogP contribution in [0, 0.1) is 0 Å². The Hall–Kier alpha value is -4.13. The molecule has 1 aromatic heterocycles. The summed E-state index contributed by atoms with van der Waals surface area (Å²) in [6.45, 7) is 3.61. The molecule has 2 aliphatic heterocycles. The third-order valence-electron chi connectivity index (χ3n) is 5.59. The summed E-state index contributed by atoms with van der Waals surface area (Å²) in [5.74, 6) is -0.0210. The second-order valence-electron chi connectivity index (χ2n) is 7.93. The molecule has 0 amide bonds. The fraction of sp³-hybridized carbons (Fsp3) is 0.160. The molecule has 0 fully saturated rings. The summed E-state index contributed by atoms with van der Waals surface area (Å²) in [5, 5.41) is 9.08. The fourth-order valence-electron chi connectivity index (χ4n) is 4.04. The Balaban J connectivity index is 1.57. The molecule has 2 aromatic carbocycles. The molecule has 2 aliphatic rings. The molecule has 7 nitrogen and oxygen atoms in total. The summed E-state index contributed by atoms with van der Waals surface area (Å²) < 4.78 is 17.4. The second-order valence-corrected chi connectivity index (χ2v) is 7.93. The van der Waals surface area contributed by atoms with Gasteiger partial charge in [-0.15, -0.1) is 0 Å². The number of furan rings is 1. The highest BCUT2D eigenvalue weighted by atomic mass is 16.5. The highest BCUT2D eigenvalue weighted by Gasteiger charge is 2.39. The molecule has 1 atom stereocenters. The van der Waals surface area contributed by atoms with Gasteiger partial charge in [-0.3, -0.25) is 9.59 Å². The maximum atomic E-state index is 12.7. The predicted octanol–water partition coefficient (Wildman–Crippen LogP) is 4.95. The van der Waals surface area contributed by atoms with Crippen molar-refractivity contribution in [3.05, 3.63) is 82.3 Å². The van der Waals surface area contributed by atoms with Crippen molar-refractivity contribution in [3.63, 3.8) is 0 Å². The Morgan fingerprint density at radius 2 is 1.72 bits per heavy atom. The molecule has 0 bridgehead atoms. The summed E-state index contributed by atoms with van der Waals surface area (Å²) >= 11 is 0. The number of fused-ring (bicyclic) bond motifs is 3. The van der Waals surface area contributed by atoms with Crippen molar-refractivity contribution in [1.29, 1.82) is 0 Å². The number of rotatable bonds is 3. The third kappa shape index (κ3) is 3.10. The molecular weight excluding hydrogens is 412 g/mol. The van der Waals surface area contributed by atoms with Gasteiger partial charge in [-0.2, -0.15) is 0 Å². The van der Waals surface area contributed by atoms with E-state index in [1.165, 1.54) is 12.1 Å². The Morgan fingerprint density at radius 1 is 0.969 bits per heavy atom. The van der Waals surface area contributed by atoms with Crippen LogP contribution in [0.5, 0.6) is 11.5 Å². The lowest BCUT2D eigenvalue weighted by molar-refractivity contribution is -0.135. The summed E-state index contributed by atoms with van der Waals surface area (Å²) in [7, 11) is 0. The molecule has 3 aromatic rings. The summed E-state index contributed by atoms with van der Waals surface area (Å²) in [4.78, 5) is 36.1. The number of ether oxygens (including phenoxy) is 2. The van der Waals surface area contributed by atoms with Crippen LogP contribution >= 0.6 is 0 Å². The van der Waals surface area contributed by atoms with Gasteiger partial charge in [-0.25, -0.2) is 4.79 Å². The third-order valence-corrected chi connectivity index (χ3v) is 5.59. The summed E-state index contributed by atoms with van der Waals surface area (Å²) in [6.07, 6.45) is 0.0378. The smallest absolute Gasteiger partial charge is 0.335 e. The SMILES string of the molecule is CC(C)=C1Oc2c(ccc3c2C(c2ccc(-c4ccc(C(=O)O)cc4)o2)CC(=O)O3)C1=O. The van der Waals surface area contributed by atoms with Crippen LogP contribution in [-0.4, -0.2) is 22.8 Å². The van der Waals surface area contributed by atoms with E-state index in [1.807, 2.05) is 0 Å². The fourth-order valence-corrected chi connectivity index (χ4v) is 4.04. The van der Waals surface area contributed by atoms with E-state index < -0.39 is 17.9 Å². The minimum atomic E-state index is -1.01. The van der Waals surface area contributed by atoms with Crippen LogP contribution in [0.25, 0.3) is 11.3 Å². The van der Waals surface area contributed by atoms with E-state index in [0.717, 1.165) is 5.57 Å². The molecule has 160 valence electrons. The Labute approximate surface area is 182 Å². The maximum Gasteiger partial charge on any atom is 0.335 e. The number of carboxylic acid groups (broad SMARTS) is 1. The number of carbonyl (C=O) groups excluding carboxylic acids is 2. The first-order chi connectivity index (χ1) is 15.3. The zero-order valence-corrected chi connectivity index (χ0v) is 17.3. The van der Waals surface area contributed by atoms with E-state index in [0.29, 0.717) is 39.7 Å². The maximum absolute atomic E-state index is 12.7. The number of aromatic carboxylic acids is 1. The highest BCUT2D eigenvalue weighted by Crippen LogP contribution is 2.49. The monoisotopic (exact) mass is 430 g/mol. The topological polar surface area (TPSA) is 103 Å². The Bertz CT molecular complexity index is 1320. The normalized spacial score (nSPS) is 16.8. The molecule has 0 saturated carbocycles.